The molecule has 0 bridgehead atoms. The van der Waals surface area contributed by atoms with Gasteiger partial charge in [0.15, 0.2) is 0 Å². The summed E-state index contributed by atoms with van der Waals surface area (Å²) in [5.74, 6) is 0.509. The first kappa shape index (κ1) is 22.2. The van der Waals surface area contributed by atoms with E-state index in [9.17, 15) is 4.79 Å². The first-order chi connectivity index (χ1) is 12.8. The maximum Gasteiger partial charge on any atom is 0.330 e. The van der Waals surface area contributed by atoms with Gasteiger partial charge in [-0.3, -0.25) is 0 Å². The van der Waals surface area contributed by atoms with E-state index >= 15 is 0 Å². The molecule has 0 radical (unpaired) electrons. The highest BCUT2D eigenvalue weighted by molar-refractivity contribution is 5.86. The Bertz CT molecular complexity index is 493. The summed E-state index contributed by atoms with van der Waals surface area (Å²) >= 11 is 0. The molecular weight excluding hydrogens is 328 g/mol. The van der Waals surface area contributed by atoms with Crippen LogP contribution in [0.2, 0.25) is 0 Å². The summed E-state index contributed by atoms with van der Waals surface area (Å²) in [6.45, 7) is 1.08. The van der Waals surface area contributed by atoms with E-state index in [1.165, 1.54) is 58.1 Å². The van der Waals surface area contributed by atoms with Gasteiger partial charge in [-0.2, -0.15) is 0 Å². The van der Waals surface area contributed by atoms with Gasteiger partial charge in [-0.25, -0.2) is 4.79 Å². The molecule has 0 fully saturated rings. The summed E-state index contributed by atoms with van der Waals surface area (Å²) in [6, 6.07) is 7.70. The van der Waals surface area contributed by atoms with Gasteiger partial charge in [0.2, 0.25) is 0 Å². The summed E-state index contributed by atoms with van der Waals surface area (Å²) in [5, 5.41) is 8.71. The molecule has 0 aliphatic carbocycles. The Labute approximate surface area is 158 Å². The predicted molar refractivity (Wildman–Crippen MR) is 106 cm³/mol. The molecule has 0 heterocycles. The van der Waals surface area contributed by atoms with Gasteiger partial charge in [-0.05, 0) is 36.6 Å². The lowest BCUT2D eigenvalue weighted by atomic mass is 10.1. The van der Waals surface area contributed by atoms with E-state index in [4.69, 9.17) is 9.84 Å². The molecule has 0 atom stereocenters. The minimum absolute atomic E-state index is 0.332. The van der Waals surface area contributed by atoms with Crippen molar-refractivity contribution >= 4 is 12.0 Å². The van der Waals surface area contributed by atoms with Crippen LogP contribution in [0, 0.1) is 0 Å². The second-order valence-corrected chi connectivity index (χ2v) is 6.53. The fourth-order valence-corrected chi connectivity index (χ4v) is 2.73. The standard InChI is InChI=1S/C22H34O4/c1-25-22(24)17-14-20-12-15-21(16-13-20)26-19-11-9-7-5-3-2-4-6-8-10-18-23/h12-17,23H,2-11,18-19H2,1H3. The highest BCUT2D eigenvalue weighted by Crippen LogP contribution is 2.15. The van der Waals surface area contributed by atoms with Crippen LogP contribution in [-0.2, 0) is 9.53 Å². The van der Waals surface area contributed by atoms with Crippen LogP contribution in [0.4, 0.5) is 0 Å². The molecular formula is C22H34O4. The number of hydrogen-bond donors (Lipinski definition) is 1. The monoisotopic (exact) mass is 362 g/mol. The van der Waals surface area contributed by atoms with Crippen molar-refractivity contribution in [3.8, 4) is 5.75 Å². The predicted octanol–water partition coefficient (Wildman–Crippen LogP) is 5.14. The van der Waals surface area contributed by atoms with Gasteiger partial charge in [-0.15, -0.1) is 0 Å². The van der Waals surface area contributed by atoms with Gasteiger partial charge in [0, 0.05) is 12.7 Å². The molecule has 1 rings (SSSR count). The Balaban J connectivity index is 1.99. The molecule has 0 aliphatic rings. The topological polar surface area (TPSA) is 55.8 Å². The smallest absolute Gasteiger partial charge is 0.330 e. The van der Waals surface area contributed by atoms with Gasteiger partial charge in [0.25, 0.3) is 0 Å². The van der Waals surface area contributed by atoms with Crippen molar-refractivity contribution in [2.24, 2.45) is 0 Å². The molecule has 0 saturated heterocycles. The molecule has 0 spiro atoms. The molecule has 0 amide bonds. The molecule has 0 aliphatic heterocycles. The van der Waals surface area contributed by atoms with Crippen molar-refractivity contribution < 1.29 is 19.4 Å². The van der Waals surface area contributed by atoms with Crippen LogP contribution in [-0.4, -0.2) is 31.4 Å². The number of carbonyl (C=O) groups is 1. The number of rotatable bonds is 15. The van der Waals surface area contributed by atoms with E-state index in [1.807, 2.05) is 24.3 Å². The van der Waals surface area contributed by atoms with Gasteiger partial charge >= 0.3 is 5.97 Å². The van der Waals surface area contributed by atoms with Crippen molar-refractivity contribution in [1.82, 2.24) is 0 Å². The Morgan fingerprint density at radius 1 is 0.885 bits per heavy atom. The zero-order valence-corrected chi connectivity index (χ0v) is 16.1. The lowest BCUT2D eigenvalue weighted by Gasteiger charge is -2.06. The second kappa shape index (κ2) is 15.4. The molecule has 1 N–H and O–H groups in total. The average molecular weight is 363 g/mol. The third kappa shape index (κ3) is 11.7. The highest BCUT2D eigenvalue weighted by atomic mass is 16.5. The Kier molecular flexibility index (Phi) is 13.2. The number of benzene rings is 1. The SMILES string of the molecule is COC(=O)C=Cc1ccc(OCCCCCCCCCCCCO)cc1. The minimum atomic E-state index is -0.355. The lowest BCUT2D eigenvalue weighted by Crippen LogP contribution is -1.97. The van der Waals surface area contributed by atoms with E-state index < -0.39 is 0 Å². The van der Waals surface area contributed by atoms with Gasteiger partial charge < -0.3 is 14.6 Å². The summed E-state index contributed by atoms with van der Waals surface area (Å²) in [7, 11) is 1.37. The Hall–Kier alpha value is -1.81. The van der Waals surface area contributed by atoms with E-state index in [1.54, 1.807) is 6.08 Å². The van der Waals surface area contributed by atoms with E-state index in [0.29, 0.717) is 6.61 Å². The zero-order valence-electron chi connectivity index (χ0n) is 16.1. The van der Waals surface area contributed by atoms with Gasteiger partial charge in [0.1, 0.15) is 5.75 Å². The molecule has 26 heavy (non-hydrogen) atoms. The number of esters is 1. The molecule has 1 aromatic carbocycles. The van der Waals surface area contributed by atoms with Crippen molar-refractivity contribution in [3.63, 3.8) is 0 Å². The maximum absolute atomic E-state index is 11.0. The van der Waals surface area contributed by atoms with Gasteiger partial charge in [0.05, 0.1) is 13.7 Å². The lowest BCUT2D eigenvalue weighted by molar-refractivity contribution is -0.134. The number of aliphatic hydroxyl groups excluding tert-OH is 1. The van der Waals surface area contributed by atoms with Crippen molar-refractivity contribution in [3.05, 3.63) is 35.9 Å². The number of unbranched alkanes of at least 4 members (excludes halogenated alkanes) is 9. The fourth-order valence-electron chi connectivity index (χ4n) is 2.73. The Morgan fingerprint density at radius 3 is 1.96 bits per heavy atom. The number of methoxy groups -OCH3 is 1. The quantitative estimate of drug-likeness (QED) is 0.266. The normalized spacial score (nSPS) is 11.0. The van der Waals surface area contributed by atoms with Crippen LogP contribution >= 0.6 is 0 Å². The van der Waals surface area contributed by atoms with Crippen molar-refractivity contribution in [1.29, 1.82) is 0 Å². The summed E-state index contributed by atoms with van der Waals surface area (Å²) in [6.07, 6.45) is 15.3. The van der Waals surface area contributed by atoms with Crippen LogP contribution in [0.3, 0.4) is 0 Å². The zero-order chi connectivity index (χ0) is 18.9. The summed E-state index contributed by atoms with van der Waals surface area (Å²) in [4.78, 5) is 11.0. The van der Waals surface area contributed by atoms with Crippen LogP contribution < -0.4 is 4.74 Å². The molecule has 146 valence electrons. The van der Waals surface area contributed by atoms with E-state index in [0.717, 1.165) is 37.2 Å². The molecule has 1 aromatic rings. The second-order valence-electron chi connectivity index (χ2n) is 6.53. The third-order valence-corrected chi connectivity index (χ3v) is 4.31. The maximum atomic E-state index is 11.0. The molecule has 4 heteroatoms. The number of aliphatic hydroxyl groups is 1. The molecule has 0 saturated carbocycles. The fraction of sp³-hybridized carbons (Fsp3) is 0.591. The number of hydrogen-bond acceptors (Lipinski definition) is 4. The largest absolute Gasteiger partial charge is 0.494 e. The van der Waals surface area contributed by atoms with E-state index in [2.05, 4.69) is 4.74 Å². The van der Waals surface area contributed by atoms with Crippen molar-refractivity contribution in [2.45, 2.75) is 64.2 Å². The highest BCUT2D eigenvalue weighted by Gasteiger charge is 1.97. The van der Waals surface area contributed by atoms with Crippen LogP contribution in [0.1, 0.15) is 69.8 Å². The summed E-state index contributed by atoms with van der Waals surface area (Å²) in [5.41, 5.74) is 0.944. The molecule has 0 aromatic heterocycles. The average Bonchev–Trinajstić information content (AvgIpc) is 2.67. The van der Waals surface area contributed by atoms with Gasteiger partial charge in [-0.1, -0.05) is 63.5 Å². The first-order valence-electron chi connectivity index (χ1n) is 9.86. The first-order valence-corrected chi connectivity index (χ1v) is 9.86. The van der Waals surface area contributed by atoms with E-state index in [-0.39, 0.29) is 5.97 Å². The summed E-state index contributed by atoms with van der Waals surface area (Å²) < 4.78 is 10.3. The number of carbonyl (C=O) groups excluding carboxylic acids is 1. The third-order valence-electron chi connectivity index (χ3n) is 4.31. The molecule has 4 nitrogen and oxygen atoms in total. The van der Waals surface area contributed by atoms with Crippen molar-refractivity contribution in [2.75, 3.05) is 20.3 Å². The number of ether oxygens (including phenoxy) is 2. The molecule has 0 unspecified atom stereocenters. The minimum Gasteiger partial charge on any atom is -0.494 e. The van der Waals surface area contributed by atoms with Crippen LogP contribution in [0.5, 0.6) is 5.75 Å². The van der Waals surface area contributed by atoms with Crippen LogP contribution in [0.25, 0.3) is 6.08 Å². The van der Waals surface area contributed by atoms with Crippen LogP contribution in [0.15, 0.2) is 30.3 Å². The Morgan fingerprint density at radius 2 is 1.42 bits per heavy atom.